The summed E-state index contributed by atoms with van der Waals surface area (Å²) in [6.45, 7) is 1.21. The van der Waals surface area contributed by atoms with Crippen molar-refractivity contribution in [1.29, 1.82) is 0 Å². The first-order valence-electron chi connectivity index (χ1n) is 9.46. The van der Waals surface area contributed by atoms with Gasteiger partial charge in [0.2, 0.25) is 0 Å². The van der Waals surface area contributed by atoms with Crippen molar-refractivity contribution in [1.82, 2.24) is 0 Å². The zero-order valence-corrected chi connectivity index (χ0v) is 20.3. The van der Waals surface area contributed by atoms with E-state index in [0.717, 1.165) is 17.2 Å². The maximum atomic E-state index is 14.0. The molecule has 0 aliphatic carbocycles. The summed E-state index contributed by atoms with van der Waals surface area (Å²) in [7, 11) is -5.68. The van der Waals surface area contributed by atoms with E-state index in [1.165, 1.54) is 42.1 Å². The Balaban J connectivity index is 2.24. The van der Waals surface area contributed by atoms with Gasteiger partial charge in [-0.15, -0.1) is 11.8 Å². The summed E-state index contributed by atoms with van der Waals surface area (Å²) in [6, 6.07) is 9.84. The highest BCUT2D eigenvalue weighted by atomic mass is 79.9. The molecule has 2 N–H and O–H groups in total. The fraction of sp³-hybridized carbons (Fsp3) is 0.273. The largest absolute Gasteiger partial charge is 0.399 e. The van der Waals surface area contributed by atoms with Crippen LogP contribution in [0.25, 0.3) is 0 Å². The van der Waals surface area contributed by atoms with Crippen LogP contribution in [0.2, 0.25) is 0 Å². The van der Waals surface area contributed by atoms with Crippen molar-refractivity contribution in [2.24, 2.45) is 0 Å². The lowest BCUT2D eigenvalue weighted by molar-refractivity contribution is 0.0557. The first kappa shape index (κ1) is 26.9. The lowest BCUT2D eigenvalue weighted by atomic mass is 10.0. The molecule has 0 aliphatic rings. The molecule has 32 heavy (non-hydrogen) atoms. The number of benzene rings is 2. The van der Waals surface area contributed by atoms with E-state index >= 15 is 0 Å². The van der Waals surface area contributed by atoms with E-state index in [-0.39, 0.29) is 15.5 Å². The molecule has 1 unspecified atom stereocenters. The lowest BCUT2D eigenvalue weighted by Gasteiger charge is -2.21. The van der Waals surface area contributed by atoms with Crippen LogP contribution in [0.15, 0.2) is 70.7 Å². The van der Waals surface area contributed by atoms with Crippen molar-refractivity contribution in [3.63, 3.8) is 0 Å². The Bertz CT molecular complexity index is 1020. The standard InChI is InChI=1S/C22H22BrF4O3PS/c1-2-17(4-3-11-24)21(13-15-5-8-18(25)9-6-15)32-14-16-7-10-19(20(23)12-16)22(26,27)31(28,29)30/h2-10,12,21H,11,13-14H2,1H3,(H2,28,29,30)/b4-3-,17-2+. The van der Waals surface area contributed by atoms with E-state index in [2.05, 4.69) is 15.9 Å². The Labute approximate surface area is 196 Å². The van der Waals surface area contributed by atoms with Gasteiger partial charge in [0, 0.05) is 21.0 Å². The molecule has 2 aromatic rings. The van der Waals surface area contributed by atoms with Crippen LogP contribution in [0.5, 0.6) is 0 Å². The monoisotopic (exact) mass is 552 g/mol. The van der Waals surface area contributed by atoms with Gasteiger partial charge in [0.25, 0.3) is 0 Å². The minimum atomic E-state index is -5.68. The summed E-state index contributed by atoms with van der Waals surface area (Å²) in [5.41, 5.74) is -2.70. The fourth-order valence-electron chi connectivity index (χ4n) is 2.92. The minimum Gasteiger partial charge on any atom is -0.320 e. The first-order chi connectivity index (χ1) is 15.0. The SMILES string of the molecule is C/C=C(\C=C/CF)C(Cc1ccc(F)cc1)SCc1ccc(C(F)(F)P(=O)(O)O)c(Br)c1. The lowest BCUT2D eigenvalue weighted by Crippen LogP contribution is -2.14. The van der Waals surface area contributed by atoms with Crippen molar-refractivity contribution >= 4 is 35.3 Å². The topological polar surface area (TPSA) is 57.5 Å². The molecule has 0 aliphatic heterocycles. The molecule has 0 bridgehead atoms. The molecule has 0 radical (unpaired) electrons. The fourth-order valence-corrected chi connectivity index (χ4v) is 5.55. The molecule has 0 heterocycles. The highest BCUT2D eigenvalue weighted by Gasteiger charge is 2.51. The van der Waals surface area contributed by atoms with E-state index in [0.29, 0.717) is 17.7 Å². The molecule has 0 saturated heterocycles. The van der Waals surface area contributed by atoms with Gasteiger partial charge in [-0.25, -0.2) is 8.78 Å². The smallest absolute Gasteiger partial charge is 0.320 e. The second-order valence-corrected chi connectivity index (χ2v) is 10.6. The second kappa shape index (κ2) is 11.7. The molecular weight excluding hydrogens is 531 g/mol. The van der Waals surface area contributed by atoms with Gasteiger partial charge in [0.1, 0.15) is 12.5 Å². The molecule has 2 rings (SSSR count). The Morgan fingerprint density at radius 2 is 1.81 bits per heavy atom. The minimum absolute atomic E-state index is 0.109. The zero-order valence-electron chi connectivity index (χ0n) is 17.0. The molecule has 0 aromatic heterocycles. The third-order valence-electron chi connectivity index (χ3n) is 4.61. The van der Waals surface area contributed by atoms with Gasteiger partial charge in [0.15, 0.2) is 0 Å². The molecule has 10 heteroatoms. The maximum absolute atomic E-state index is 14.0. The number of rotatable bonds is 10. The van der Waals surface area contributed by atoms with E-state index in [4.69, 9.17) is 9.79 Å². The summed E-state index contributed by atoms with van der Waals surface area (Å²) in [5.74, 6) is 0.0473. The van der Waals surface area contributed by atoms with Crippen LogP contribution in [0.4, 0.5) is 17.6 Å². The van der Waals surface area contributed by atoms with Crippen molar-refractivity contribution in [2.45, 2.75) is 30.0 Å². The van der Waals surface area contributed by atoms with Gasteiger partial charge < -0.3 is 9.79 Å². The molecule has 0 saturated carbocycles. The second-order valence-electron chi connectivity index (χ2n) is 6.88. The van der Waals surface area contributed by atoms with Crippen LogP contribution in [0.1, 0.15) is 23.6 Å². The van der Waals surface area contributed by atoms with Crippen molar-refractivity contribution in [3.05, 3.63) is 93.2 Å². The first-order valence-corrected chi connectivity index (χ1v) is 12.9. The number of hydrogen-bond acceptors (Lipinski definition) is 2. The maximum Gasteiger partial charge on any atom is 0.399 e. The van der Waals surface area contributed by atoms with Gasteiger partial charge in [-0.1, -0.05) is 58.4 Å². The van der Waals surface area contributed by atoms with Crippen molar-refractivity contribution in [3.8, 4) is 0 Å². The molecule has 0 fully saturated rings. The zero-order chi connectivity index (χ0) is 23.9. The van der Waals surface area contributed by atoms with E-state index < -0.39 is 25.5 Å². The summed E-state index contributed by atoms with van der Waals surface area (Å²) in [6.07, 6.45) is 5.47. The molecule has 2 aromatic carbocycles. The number of hydrogen-bond donors (Lipinski definition) is 2. The van der Waals surface area contributed by atoms with Gasteiger partial charge in [0.05, 0.1) is 0 Å². The summed E-state index contributed by atoms with van der Waals surface area (Å²) in [4.78, 5) is 17.9. The van der Waals surface area contributed by atoms with Gasteiger partial charge in [-0.3, -0.25) is 4.57 Å². The number of halogens is 5. The summed E-state index contributed by atoms with van der Waals surface area (Å²) < 4.78 is 65.0. The molecule has 0 amide bonds. The van der Waals surface area contributed by atoms with Crippen LogP contribution < -0.4 is 0 Å². The van der Waals surface area contributed by atoms with Crippen LogP contribution in [0.3, 0.4) is 0 Å². The van der Waals surface area contributed by atoms with Crippen LogP contribution in [0, 0.1) is 5.82 Å². The van der Waals surface area contributed by atoms with Crippen LogP contribution in [-0.2, 0) is 22.4 Å². The Morgan fingerprint density at radius 1 is 1.19 bits per heavy atom. The Kier molecular flexibility index (Phi) is 9.79. The van der Waals surface area contributed by atoms with Crippen LogP contribution in [-0.4, -0.2) is 21.7 Å². The van der Waals surface area contributed by atoms with Gasteiger partial charge >= 0.3 is 13.3 Å². The number of allylic oxidation sites excluding steroid dienone is 3. The Hall–Kier alpha value is -1.38. The predicted octanol–water partition coefficient (Wildman–Crippen LogP) is 7.13. The summed E-state index contributed by atoms with van der Waals surface area (Å²) >= 11 is 4.47. The van der Waals surface area contributed by atoms with Crippen LogP contribution >= 0.6 is 35.3 Å². The van der Waals surface area contributed by atoms with E-state index in [9.17, 15) is 22.1 Å². The molecule has 1 atom stereocenters. The highest BCUT2D eigenvalue weighted by molar-refractivity contribution is 9.10. The quantitative estimate of drug-likeness (QED) is 0.187. The molecular formula is C22H22BrF4O3PS. The molecule has 0 spiro atoms. The van der Waals surface area contributed by atoms with Gasteiger partial charge in [-0.2, -0.15) is 8.78 Å². The summed E-state index contributed by atoms with van der Waals surface area (Å²) in [5, 5.41) is -0.122. The van der Waals surface area contributed by atoms with E-state index in [1.807, 2.05) is 13.0 Å². The molecule has 174 valence electrons. The normalized spacial score (nSPS) is 14.2. The average molecular weight is 553 g/mol. The number of alkyl halides is 3. The highest BCUT2D eigenvalue weighted by Crippen LogP contribution is 2.60. The van der Waals surface area contributed by atoms with Crippen molar-refractivity contribution in [2.75, 3.05) is 6.67 Å². The average Bonchev–Trinajstić information content (AvgIpc) is 2.72. The third-order valence-corrected chi connectivity index (χ3v) is 7.58. The number of thioether (sulfide) groups is 1. The third kappa shape index (κ3) is 7.06. The molecule has 3 nitrogen and oxygen atoms in total. The van der Waals surface area contributed by atoms with E-state index in [1.54, 1.807) is 18.2 Å². The Morgan fingerprint density at radius 3 is 2.34 bits per heavy atom. The van der Waals surface area contributed by atoms with Crippen molar-refractivity contribution < 1.29 is 31.9 Å². The predicted molar refractivity (Wildman–Crippen MR) is 124 cm³/mol. The van der Waals surface area contributed by atoms with Gasteiger partial charge in [-0.05, 0) is 48.2 Å².